The summed E-state index contributed by atoms with van der Waals surface area (Å²) in [7, 11) is 1.53. The van der Waals surface area contributed by atoms with E-state index >= 15 is 0 Å². The predicted octanol–water partition coefficient (Wildman–Crippen LogP) is 2.08. The first kappa shape index (κ1) is 16.3. The maximum absolute atomic E-state index is 12.9. The number of aromatic nitrogens is 1. The third kappa shape index (κ3) is 2.41. The maximum atomic E-state index is 12.9. The number of ether oxygens (including phenoxy) is 1. The van der Waals surface area contributed by atoms with Crippen LogP contribution in [-0.4, -0.2) is 35.4 Å². The van der Waals surface area contributed by atoms with Gasteiger partial charge in [-0.3, -0.25) is 14.7 Å². The lowest BCUT2D eigenvalue weighted by Crippen LogP contribution is -2.40. The number of aliphatic imine (C=N–C) groups is 1. The van der Waals surface area contributed by atoms with Gasteiger partial charge in [0, 0.05) is 13.2 Å². The second-order valence-electron chi connectivity index (χ2n) is 5.27. The largest absolute Gasteiger partial charge is 0.435 e. The summed E-state index contributed by atoms with van der Waals surface area (Å²) in [5, 5.41) is 0. The van der Waals surface area contributed by atoms with Gasteiger partial charge in [-0.25, -0.2) is 4.99 Å². The lowest BCUT2D eigenvalue weighted by atomic mass is 9.87. The second kappa shape index (κ2) is 5.82. The number of alkyl halides is 2. The van der Waals surface area contributed by atoms with E-state index in [-0.39, 0.29) is 17.6 Å². The van der Waals surface area contributed by atoms with Crippen molar-refractivity contribution < 1.29 is 18.3 Å². The molecule has 1 atom stereocenters. The molecule has 2 aromatic rings. The molecule has 0 saturated carbocycles. The van der Waals surface area contributed by atoms with E-state index in [2.05, 4.69) is 14.7 Å². The molecule has 0 spiro atoms. The van der Waals surface area contributed by atoms with Crippen LogP contribution in [0.3, 0.4) is 0 Å². The third-order valence-corrected chi connectivity index (χ3v) is 4.72. The van der Waals surface area contributed by atoms with Crippen molar-refractivity contribution in [1.29, 1.82) is 0 Å². The van der Waals surface area contributed by atoms with E-state index < -0.39 is 12.2 Å². The van der Waals surface area contributed by atoms with Gasteiger partial charge in [0.05, 0.1) is 10.4 Å². The van der Waals surface area contributed by atoms with Crippen molar-refractivity contribution in [2.24, 2.45) is 10.7 Å². The number of hydrogen-bond acceptors (Lipinski definition) is 6. The molecule has 1 aromatic heterocycles. The number of amides is 1. The standard InChI is InChI=1S/C15H14F2N4O2S/c1-8-5-9(3-4-10(8)23-13(16)17)15(11-6-19-7-24-11)12(22)21(2)14(18)20-15/h3-7,13H,1-2H3,(H2,18,20). The van der Waals surface area contributed by atoms with Crippen LogP contribution in [0.25, 0.3) is 0 Å². The van der Waals surface area contributed by atoms with E-state index in [0.717, 1.165) is 0 Å². The number of carbonyl (C=O) groups is 1. The first-order valence-corrected chi connectivity index (χ1v) is 7.82. The van der Waals surface area contributed by atoms with Crippen LogP contribution in [0, 0.1) is 6.92 Å². The van der Waals surface area contributed by atoms with Crippen molar-refractivity contribution in [1.82, 2.24) is 9.88 Å². The van der Waals surface area contributed by atoms with Crippen molar-refractivity contribution in [2.45, 2.75) is 19.1 Å². The van der Waals surface area contributed by atoms with Crippen molar-refractivity contribution >= 4 is 23.2 Å². The van der Waals surface area contributed by atoms with E-state index in [9.17, 15) is 13.6 Å². The van der Waals surface area contributed by atoms with Gasteiger partial charge in [0.1, 0.15) is 5.75 Å². The number of carbonyl (C=O) groups excluding carboxylic acids is 1. The van der Waals surface area contributed by atoms with Gasteiger partial charge in [0.25, 0.3) is 5.91 Å². The summed E-state index contributed by atoms with van der Waals surface area (Å²) in [6, 6.07) is 4.54. The van der Waals surface area contributed by atoms with Crippen LogP contribution in [-0.2, 0) is 10.3 Å². The summed E-state index contributed by atoms with van der Waals surface area (Å²) in [4.78, 5) is 23.1. The first-order valence-electron chi connectivity index (χ1n) is 6.94. The molecule has 2 heterocycles. The number of benzene rings is 1. The fraction of sp³-hybridized carbons (Fsp3) is 0.267. The van der Waals surface area contributed by atoms with Crippen LogP contribution in [0.4, 0.5) is 8.78 Å². The summed E-state index contributed by atoms with van der Waals surface area (Å²) in [5.74, 6) is -0.200. The molecule has 126 valence electrons. The van der Waals surface area contributed by atoms with Crippen molar-refractivity contribution in [3.8, 4) is 5.75 Å². The van der Waals surface area contributed by atoms with E-state index in [4.69, 9.17) is 5.73 Å². The van der Waals surface area contributed by atoms with E-state index in [0.29, 0.717) is 16.0 Å². The van der Waals surface area contributed by atoms with Crippen LogP contribution in [0.5, 0.6) is 5.75 Å². The molecule has 0 saturated heterocycles. The van der Waals surface area contributed by atoms with E-state index in [1.165, 1.54) is 35.4 Å². The second-order valence-corrected chi connectivity index (χ2v) is 6.16. The highest BCUT2D eigenvalue weighted by atomic mass is 32.1. The van der Waals surface area contributed by atoms with Gasteiger partial charge in [-0.2, -0.15) is 8.78 Å². The van der Waals surface area contributed by atoms with Crippen molar-refractivity contribution in [3.05, 3.63) is 45.9 Å². The quantitative estimate of drug-likeness (QED) is 0.914. The molecule has 1 aliphatic rings. The lowest BCUT2D eigenvalue weighted by molar-refractivity contribution is -0.129. The zero-order valence-corrected chi connectivity index (χ0v) is 13.7. The Kier molecular flexibility index (Phi) is 3.96. The maximum Gasteiger partial charge on any atom is 0.387 e. The normalized spacial score (nSPS) is 20.6. The van der Waals surface area contributed by atoms with Gasteiger partial charge >= 0.3 is 6.61 Å². The lowest BCUT2D eigenvalue weighted by Gasteiger charge is -2.24. The Bertz CT molecular complexity index is 810. The zero-order chi connectivity index (χ0) is 17.5. The smallest absolute Gasteiger partial charge is 0.387 e. The van der Waals surface area contributed by atoms with Crippen LogP contribution < -0.4 is 10.5 Å². The van der Waals surface area contributed by atoms with Gasteiger partial charge in [0.2, 0.25) is 5.54 Å². The number of thiazole rings is 1. The molecule has 0 fully saturated rings. The summed E-state index contributed by atoms with van der Waals surface area (Å²) in [6.07, 6.45) is 1.55. The molecule has 1 aromatic carbocycles. The highest BCUT2D eigenvalue weighted by molar-refractivity contribution is 7.10. The molecule has 24 heavy (non-hydrogen) atoms. The van der Waals surface area contributed by atoms with Crippen LogP contribution >= 0.6 is 11.3 Å². The Hall–Kier alpha value is -2.55. The highest BCUT2D eigenvalue weighted by Crippen LogP contribution is 2.42. The molecule has 9 heteroatoms. The Morgan fingerprint density at radius 1 is 1.42 bits per heavy atom. The third-order valence-electron chi connectivity index (χ3n) is 3.84. The number of hydrogen-bond donors (Lipinski definition) is 1. The average Bonchev–Trinajstić information content (AvgIpc) is 3.13. The number of guanidine groups is 1. The van der Waals surface area contributed by atoms with Gasteiger partial charge in [-0.15, -0.1) is 11.3 Å². The molecule has 1 amide bonds. The van der Waals surface area contributed by atoms with Gasteiger partial charge in [-0.05, 0) is 30.2 Å². The Balaban J connectivity index is 2.16. The van der Waals surface area contributed by atoms with Gasteiger partial charge in [-0.1, -0.05) is 6.07 Å². The molecule has 0 radical (unpaired) electrons. The van der Waals surface area contributed by atoms with Crippen molar-refractivity contribution in [3.63, 3.8) is 0 Å². The number of nitrogens with zero attached hydrogens (tertiary/aromatic N) is 3. The molecule has 6 nitrogen and oxygen atoms in total. The number of rotatable bonds is 4. The van der Waals surface area contributed by atoms with Gasteiger partial charge < -0.3 is 10.5 Å². The molecule has 0 aliphatic carbocycles. The monoisotopic (exact) mass is 352 g/mol. The minimum Gasteiger partial charge on any atom is -0.435 e. The minimum atomic E-state index is -2.92. The fourth-order valence-electron chi connectivity index (χ4n) is 2.63. The summed E-state index contributed by atoms with van der Waals surface area (Å²) in [6.45, 7) is -1.30. The Morgan fingerprint density at radius 3 is 2.67 bits per heavy atom. The molecule has 0 bridgehead atoms. The fourth-order valence-corrected chi connectivity index (χ4v) is 3.41. The minimum absolute atomic E-state index is 0.0453. The number of likely N-dealkylation sites (N-methyl/N-ethyl adjacent to an activating group) is 1. The van der Waals surface area contributed by atoms with E-state index in [1.807, 2.05) is 0 Å². The summed E-state index contributed by atoms with van der Waals surface area (Å²) in [5.41, 5.74) is 7.06. The number of nitrogens with two attached hydrogens (primary N) is 1. The molecular weight excluding hydrogens is 338 g/mol. The summed E-state index contributed by atoms with van der Waals surface area (Å²) < 4.78 is 29.3. The number of halogens is 2. The van der Waals surface area contributed by atoms with Crippen LogP contribution in [0.2, 0.25) is 0 Å². The molecule has 1 unspecified atom stereocenters. The molecular formula is C15H14F2N4O2S. The Labute approximate surface area is 140 Å². The van der Waals surface area contributed by atoms with E-state index in [1.54, 1.807) is 24.7 Å². The topological polar surface area (TPSA) is 80.8 Å². The predicted molar refractivity (Wildman–Crippen MR) is 85.1 cm³/mol. The van der Waals surface area contributed by atoms with Gasteiger partial charge in [0.15, 0.2) is 5.96 Å². The summed E-state index contributed by atoms with van der Waals surface area (Å²) >= 11 is 1.27. The first-order chi connectivity index (χ1) is 11.4. The number of aryl methyl sites for hydroxylation is 1. The van der Waals surface area contributed by atoms with Crippen LogP contribution in [0.15, 0.2) is 34.9 Å². The molecule has 3 rings (SSSR count). The molecule has 1 aliphatic heterocycles. The molecule has 2 N–H and O–H groups in total. The van der Waals surface area contributed by atoms with Crippen LogP contribution in [0.1, 0.15) is 16.0 Å². The average molecular weight is 352 g/mol. The van der Waals surface area contributed by atoms with Crippen molar-refractivity contribution in [2.75, 3.05) is 7.05 Å². The Morgan fingerprint density at radius 2 is 2.17 bits per heavy atom. The highest BCUT2D eigenvalue weighted by Gasteiger charge is 2.50. The SMILES string of the molecule is Cc1cc(C2(c3cncs3)N=C(N)N(C)C2=O)ccc1OC(F)F. The zero-order valence-electron chi connectivity index (χ0n) is 12.9.